The quantitative estimate of drug-likeness (QED) is 0.775. The largest absolute Gasteiger partial charge is 0.279 e. The van der Waals surface area contributed by atoms with E-state index in [0.29, 0.717) is 10.6 Å². The highest BCUT2D eigenvalue weighted by Gasteiger charge is 2.26. The van der Waals surface area contributed by atoms with E-state index in [4.69, 9.17) is 0 Å². The summed E-state index contributed by atoms with van der Waals surface area (Å²) in [5.74, 6) is 0. The van der Waals surface area contributed by atoms with Crippen molar-refractivity contribution in [3.8, 4) is 11.1 Å². The molecule has 0 radical (unpaired) electrons. The maximum absolute atomic E-state index is 12.0. The molecular weight excluding hydrogens is 234 g/mol. The molecule has 86 valence electrons. The molecule has 0 aromatic heterocycles. The van der Waals surface area contributed by atoms with Gasteiger partial charge in [-0.25, -0.2) is 8.42 Å². The molecule has 4 heteroatoms. The Labute approximate surface area is 100 Å². The highest BCUT2D eigenvalue weighted by atomic mass is 32.2. The maximum Gasteiger partial charge on any atom is 0.262 e. The summed E-state index contributed by atoms with van der Waals surface area (Å²) < 4.78 is 26.7. The first-order chi connectivity index (χ1) is 8.08. The number of hydrogen-bond acceptors (Lipinski definition) is 2. The van der Waals surface area contributed by atoms with Gasteiger partial charge < -0.3 is 0 Å². The van der Waals surface area contributed by atoms with Gasteiger partial charge in [-0.05, 0) is 25.1 Å². The summed E-state index contributed by atoms with van der Waals surface area (Å²) in [6.07, 6.45) is 0. The summed E-state index contributed by atoms with van der Waals surface area (Å²) in [7, 11) is -3.42. The van der Waals surface area contributed by atoms with Gasteiger partial charge in [-0.3, -0.25) is 4.72 Å². The minimum atomic E-state index is -3.42. The van der Waals surface area contributed by atoms with Gasteiger partial charge in [0.1, 0.15) is 0 Å². The molecule has 0 aliphatic carbocycles. The topological polar surface area (TPSA) is 46.2 Å². The van der Waals surface area contributed by atoms with Gasteiger partial charge in [-0.2, -0.15) is 0 Å². The lowest BCUT2D eigenvalue weighted by atomic mass is 10.0. The Bertz CT molecular complexity index is 705. The van der Waals surface area contributed by atoms with Crippen molar-refractivity contribution in [1.29, 1.82) is 0 Å². The summed E-state index contributed by atoms with van der Waals surface area (Å²) in [6.45, 7) is 1.96. The number of fused-ring (bicyclic) bond motifs is 3. The molecule has 0 amide bonds. The van der Waals surface area contributed by atoms with Crippen LogP contribution >= 0.6 is 0 Å². The van der Waals surface area contributed by atoms with Crippen molar-refractivity contribution in [3.05, 3.63) is 48.0 Å². The van der Waals surface area contributed by atoms with E-state index >= 15 is 0 Å². The molecular formula is C13H11NO2S. The molecule has 2 aromatic rings. The minimum Gasteiger partial charge on any atom is -0.279 e. The summed E-state index contributed by atoms with van der Waals surface area (Å²) >= 11 is 0. The van der Waals surface area contributed by atoms with Crippen LogP contribution < -0.4 is 4.72 Å². The molecule has 0 bridgehead atoms. The van der Waals surface area contributed by atoms with Crippen molar-refractivity contribution in [2.45, 2.75) is 11.8 Å². The summed E-state index contributed by atoms with van der Waals surface area (Å²) in [4.78, 5) is 0.349. The first kappa shape index (κ1) is 10.4. The first-order valence-electron chi connectivity index (χ1n) is 5.31. The van der Waals surface area contributed by atoms with Crippen molar-refractivity contribution in [1.82, 2.24) is 0 Å². The number of hydrogen-bond donors (Lipinski definition) is 1. The molecule has 0 saturated heterocycles. The van der Waals surface area contributed by atoms with Crippen molar-refractivity contribution in [2.75, 3.05) is 4.72 Å². The van der Waals surface area contributed by atoms with Crippen molar-refractivity contribution in [3.63, 3.8) is 0 Å². The van der Waals surface area contributed by atoms with Crippen molar-refractivity contribution in [2.24, 2.45) is 0 Å². The predicted molar refractivity (Wildman–Crippen MR) is 67.4 cm³/mol. The zero-order valence-corrected chi connectivity index (χ0v) is 10.1. The smallest absolute Gasteiger partial charge is 0.262 e. The third kappa shape index (κ3) is 1.52. The lowest BCUT2D eigenvalue weighted by Crippen LogP contribution is -2.18. The van der Waals surface area contributed by atoms with E-state index < -0.39 is 10.0 Å². The SMILES string of the molecule is Cc1ccc2c(c1)-c1ccccc1NS2(=O)=O. The van der Waals surface area contributed by atoms with Gasteiger partial charge in [0.25, 0.3) is 10.0 Å². The van der Waals surface area contributed by atoms with Crippen LogP contribution in [-0.2, 0) is 10.0 Å². The Morgan fingerprint density at radius 1 is 1.00 bits per heavy atom. The number of anilines is 1. The van der Waals surface area contributed by atoms with E-state index in [1.165, 1.54) is 0 Å². The van der Waals surface area contributed by atoms with Gasteiger partial charge in [0.15, 0.2) is 0 Å². The molecule has 3 rings (SSSR count). The number of rotatable bonds is 0. The molecule has 17 heavy (non-hydrogen) atoms. The van der Waals surface area contributed by atoms with Crippen LogP contribution in [0.15, 0.2) is 47.4 Å². The molecule has 0 unspecified atom stereocenters. The molecule has 1 N–H and O–H groups in total. The predicted octanol–water partition coefficient (Wildman–Crippen LogP) is 2.78. The van der Waals surface area contributed by atoms with E-state index in [2.05, 4.69) is 4.72 Å². The molecule has 0 saturated carbocycles. The fraction of sp³-hybridized carbons (Fsp3) is 0.0769. The fourth-order valence-electron chi connectivity index (χ4n) is 2.10. The Hall–Kier alpha value is -1.81. The van der Waals surface area contributed by atoms with Gasteiger partial charge in [0, 0.05) is 11.1 Å². The second-order valence-corrected chi connectivity index (χ2v) is 5.80. The third-order valence-electron chi connectivity index (χ3n) is 2.89. The molecule has 0 spiro atoms. The van der Waals surface area contributed by atoms with Crippen molar-refractivity contribution >= 4 is 15.7 Å². The highest BCUT2D eigenvalue weighted by molar-refractivity contribution is 7.93. The van der Waals surface area contributed by atoms with Crippen LogP contribution in [0.1, 0.15) is 5.56 Å². The van der Waals surface area contributed by atoms with Crippen LogP contribution in [0.5, 0.6) is 0 Å². The van der Waals surface area contributed by atoms with Crippen LogP contribution in [0.25, 0.3) is 11.1 Å². The van der Waals surface area contributed by atoms with Gasteiger partial charge >= 0.3 is 0 Å². The van der Waals surface area contributed by atoms with Crippen molar-refractivity contribution < 1.29 is 8.42 Å². The Balaban J connectivity index is 2.42. The normalized spacial score (nSPS) is 15.6. The Kier molecular flexibility index (Phi) is 2.03. The summed E-state index contributed by atoms with van der Waals surface area (Å²) in [5, 5.41) is 0. The number of sulfonamides is 1. The van der Waals surface area contributed by atoms with Gasteiger partial charge in [0.2, 0.25) is 0 Å². The maximum atomic E-state index is 12.0. The van der Waals surface area contributed by atoms with E-state index in [-0.39, 0.29) is 0 Å². The number of para-hydroxylation sites is 1. The van der Waals surface area contributed by atoms with Gasteiger partial charge in [0.05, 0.1) is 10.6 Å². The standard InChI is InChI=1S/C13H11NO2S/c1-9-6-7-13-11(8-9)10-4-2-3-5-12(10)14-17(13,15)16/h2-8,14H,1H3. The van der Waals surface area contributed by atoms with Crippen LogP contribution in [0, 0.1) is 6.92 Å². The average molecular weight is 245 g/mol. The highest BCUT2D eigenvalue weighted by Crippen LogP contribution is 2.38. The lowest BCUT2D eigenvalue weighted by Gasteiger charge is -2.21. The number of aryl methyl sites for hydroxylation is 1. The molecule has 0 atom stereocenters. The average Bonchev–Trinajstić information content (AvgIpc) is 2.28. The molecule has 1 heterocycles. The zero-order valence-electron chi connectivity index (χ0n) is 9.27. The fourth-order valence-corrected chi connectivity index (χ4v) is 3.38. The summed E-state index contributed by atoms with van der Waals surface area (Å²) in [5.41, 5.74) is 3.40. The van der Waals surface area contributed by atoms with Crippen LogP contribution in [0.4, 0.5) is 5.69 Å². The second-order valence-electron chi connectivity index (χ2n) is 4.15. The molecule has 1 aliphatic heterocycles. The Morgan fingerprint density at radius 3 is 2.59 bits per heavy atom. The molecule has 2 aromatic carbocycles. The second kappa shape index (κ2) is 3.34. The lowest BCUT2D eigenvalue weighted by molar-refractivity contribution is 0.601. The van der Waals surface area contributed by atoms with Crippen LogP contribution in [-0.4, -0.2) is 8.42 Å². The molecule has 3 nitrogen and oxygen atoms in total. The molecule has 1 aliphatic rings. The minimum absolute atomic E-state index is 0.349. The van der Waals surface area contributed by atoms with E-state index in [9.17, 15) is 8.42 Å². The third-order valence-corrected chi connectivity index (χ3v) is 4.31. The van der Waals surface area contributed by atoms with Gasteiger partial charge in [-0.15, -0.1) is 0 Å². The van der Waals surface area contributed by atoms with Crippen LogP contribution in [0.3, 0.4) is 0 Å². The number of benzene rings is 2. The van der Waals surface area contributed by atoms with Gasteiger partial charge in [-0.1, -0.05) is 29.8 Å². The summed E-state index contributed by atoms with van der Waals surface area (Å²) in [6, 6.07) is 12.8. The number of nitrogens with one attached hydrogen (secondary N) is 1. The Morgan fingerprint density at radius 2 is 1.76 bits per heavy atom. The monoisotopic (exact) mass is 245 g/mol. The van der Waals surface area contributed by atoms with E-state index in [1.807, 2.05) is 37.3 Å². The zero-order chi connectivity index (χ0) is 12.0. The first-order valence-corrected chi connectivity index (χ1v) is 6.79. The van der Waals surface area contributed by atoms with E-state index in [1.54, 1.807) is 12.1 Å². The van der Waals surface area contributed by atoms with Crippen LogP contribution in [0.2, 0.25) is 0 Å². The van der Waals surface area contributed by atoms with E-state index in [0.717, 1.165) is 16.7 Å². The molecule has 0 fully saturated rings.